The van der Waals surface area contributed by atoms with Crippen molar-refractivity contribution in [1.29, 1.82) is 0 Å². The van der Waals surface area contributed by atoms with Gasteiger partial charge in [-0.2, -0.15) is 13.2 Å². The third-order valence-electron chi connectivity index (χ3n) is 1.58. The molecule has 0 bridgehead atoms. The van der Waals surface area contributed by atoms with Crippen molar-refractivity contribution in [3.63, 3.8) is 0 Å². The average Bonchev–Trinajstić information content (AvgIpc) is 2.02. The molecule has 0 aliphatic heterocycles. The first-order valence-corrected chi connectivity index (χ1v) is 3.93. The minimum Gasteiger partial charge on any atom is -0.387 e. The molecule has 0 aromatic carbocycles. The molecular weight excluding hydrogens is 195 g/mol. The Balaban J connectivity index is 2.79. The Morgan fingerprint density at radius 2 is 2.07 bits per heavy atom. The number of hydrogen-bond acceptors (Lipinski definition) is 2. The van der Waals surface area contributed by atoms with Crippen LogP contribution in [0.4, 0.5) is 13.2 Å². The molecule has 1 radical (unpaired) electrons. The Labute approximate surface area is 79.4 Å². The van der Waals surface area contributed by atoms with E-state index in [2.05, 4.69) is 4.98 Å². The van der Waals surface area contributed by atoms with Crippen LogP contribution in [0.3, 0.4) is 0 Å². The fourth-order valence-corrected chi connectivity index (χ4v) is 0.992. The van der Waals surface area contributed by atoms with Crippen LogP contribution >= 0.6 is 0 Å². The minimum absolute atomic E-state index is 0.145. The van der Waals surface area contributed by atoms with Crippen molar-refractivity contribution in [3.8, 4) is 0 Å². The molecular formula is C9H9F3NO. The largest absolute Gasteiger partial charge is 0.433 e. The van der Waals surface area contributed by atoms with Gasteiger partial charge in [-0.25, -0.2) is 0 Å². The molecule has 0 saturated carbocycles. The van der Waals surface area contributed by atoms with E-state index in [0.29, 0.717) is 5.56 Å². The Hall–Kier alpha value is -1.10. The molecule has 0 spiro atoms. The van der Waals surface area contributed by atoms with Crippen molar-refractivity contribution >= 4 is 0 Å². The van der Waals surface area contributed by atoms with Crippen LogP contribution in [0.15, 0.2) is 18.3 Å². The highest BCUT2D eigenvalue weighted by molar-refractivity contribution is 5.17. The molecule has 0 amide bonds. The summed E-state index contributed by atoms with van der Waals surface area (Å²) in [6, 6.07) is 2.20. The average molecular weight is 204 g/mol. The summed E-state index contributed by atoms with van der Waals surface area (Å²) in [5, 5.41) is 8.90. The third kappa shape index (κ3) is 2.99. The first-order chi connectivity index (χ1) is 6.39. The maximum Gasteiger partial charge on any atom is 0.433 e. The van der Waals surface area contributed by atoms with Crippen LogP contribution in [0.1, 0.15) is 18.2 Å². The predicted molar refractivity (Wildman–Crippen MR) is 43.8 cm³/mol. The summed E-state index contributed by atoms with van der Waals surface area (Å²) in [5.41, 5.74) is -0.366. The van der Waals surface area contributed by atoms with E-state index in [0.717, 1.165) is 12.3 Å². The highest BCUT2D eigenvalue weighted by atomic mass is 19.4. The molecule has 1 heterocycles. The summed E-state index contributed by atoms with van der Waals surface area (Å²) in [7, 11) is 0. The first-order valence-electron chi connectivity index (χ1n) is 3.93. The van der Waals surface area contributed by atoms with Crippen molar-refractivity contribution in [2.45, 2.75) is 19.5 Å². The van der Waals surface area contributed by atoms with E-state index in [4.69, 9.17) is 5.11 Å². The summed E-state index contributed by atoms with van der Waals surface area (Å²) < 4.78 is 36.2. The van der Waals surface area contributed by atoms with Crippen molar-refractivity contribution in [3.05, 3.63) is 35.7 Å². The molecule has 5 heteroatoms. The summed E-state index contributed by atoms with van der Waals surface area (Å²) in [6.45, 7) is 1.48. The van der Waals surface area contributed by atoms with E-state index in [1.807, 2.05) is 0 Å². The molecule has 0 saturated heterocycles. The Bertz CT molecular complexity index is 292. The lowest BCUT2D eigenvalue weighted by Crippen LogP contribution is -2.08. The number of hydrogen-bond donors (Lipinski definition) is 1. The Morgan fingerprint density at radius 3 is 2.43 bits per heavy atom. The van der Waals surface area contributed by atoms with E-state index < -0.39 is 11.9 Å². The van der Waals surface area contributed by atoms with Gasteiger partial charge in [-0.1, -0.05) is 6.07 Å². The number of pyridine rings is 1. The molecule has 0 aliphatic rings. The van der Waals surface area contributed by atoms with E-state index in [1.165, 1.54) is 13.0 Å². The SMILES string of the molecule is C[C](O)Cc1ccc(C(F)(F)F)nc1. The number of alkyl halides is 3. The summed E-state index contributed by atoms with van der Waals surface area (Å²) in [5.74, 6) is 0. The lowest BCUT2D eigenvalue weighted by molar-refractivity contribution is -0.141. The summed E-state index contributed by atoms with van der Waals surface area (Å²) in [6.07, 6.45) is -2.92. The van der Waals surface area contributed by atoms with E-state index in [-0.39, 0.29) is 12.5 Å². The van der Waals surface area contributed by atoms with Gasteiger partial charge in [0.15, 0.2) is 0 Å². The van der Waals surface area contributed by atoms with Crippen LogP contribution in [-0.2, 0) is 12.6 Å². The van der Waals surface area contributed by atoms with Crippen molar-refractivity contribution < 1.29 is 18.3 Å². The smallest absolute Gasteiger partial charge is 0.387 e. The van der Waals surface area contributed by atoms with Gasteiger partial charge in [-0.15, -0.1) is 0 Å². The van der Waals surface area contributed by atoms with Gasteiger partial charge in [0.25, 0.3) is 0 Å². The normalized spacial score (nSPS) is 12.1. The Morgan fingerprint density at radius 1 is 1.43 bits per heavy atom. The van der Waals surface area contributed by atoms with Crippen molar-refractivity contribution in [2.75, 3.05) is 0 Å². The van der Waals surface area contributed by atoms with Gasteiger partial charge in [0.1, 0.15) is 5.69 Å². The van der Waals surface area contributed by atoms with E-state index in [9.17, 15) is 13.2 Å². The molecule has 77 valence electrons. The number of aliphatic hydroxyl groups excluding tert-OH is 1. The minimum atomic E-state index is -4.41. The summed E-state index contributed by atoms with van der Waals surface area (Å²) in [4.78, 5) is 3.25. The zero-order chi connectivity index (χ0) is 10.8. The van der Waals surface area contributed by atoms with Gasteiger partial charge in [-0.3, -0.25) is 4.98 Å². The third-order valence-corrected chi connectivity index (χ3v) is 1.58. The molecule has 2 nitrogen and oxygen atoms in total. The molecule has 0 unspecified atom stereocenters. The maximum absolute atomic E-state index is 12.1. The standard InChI is InChI=1S/C9H9F3NO/c1-6(14)4-7-2-3-8(13-5-7)9(10,11)12/h2-3,5,14H,4H2,1H3. The zero-order valence-corrected chi connectivity index (χ0v) is 7.47. The van der Waals surface area contributed by atoms with Crippen LogP contribution in [0.5, 0.6) is 0 Å². The quantitative estimate of drug-likeness (QED) is 0.803. The lowest BCUT2D eigenvalue weighted by atomic mass is 10.1. The number of aliphatic hydroxyl groups is 1. The van der Waals surface area contributed by atoms with Crippen LogP contribution in [0.25, 0.3) is 0 Å². The molecule has 0 atom stereocenters. The van der Waals surface area contributed by atoms with Crippen LogP contribution in [0, 0.1) is 6.10 Å². The number of halogens is 3. The second-order valence-corrected chi connectivity index (χ2v) is 2.96. The van der Waals surface area contributed by atoms with Crippen LogP contribution < -0.4 is 0 Å². The van der Waals surface area contributed by atoms with Crippen LogP contribution in [-0.4, -0.2) is 10.1 Å². The highest BCUT2D eigenvalue weighted by Crippen LogP contribution is 2.27. The Kier molecular flexibility index (Phi) is 3.10. The first kappa shape index (κ1) is 11.0. The van der Waals surface area contributed by atoms with Gasteiger partial charge < -0.3 is 5.11 Å². The highest BCUT2D eigenvalue weighted by Gasteiger charge is 2.31. The van der Waals surface area contributed by atoms with Crippen molar-refractivity contribution in [2.24, 2.45) is 0 Å². The van der Waals surface area contributed by atoms with E-state index >= 15 is 0 Å². The number of nitrogens with zero attached hydrogens (tertiary/aromatic N) is 1. The number of rotatable bonds is 2. The molecule has 0 fully saturated rings. The molecule has 1 rings (SSSR count). The fraction of sp³-hybridized carbons (Fsp3) is 0.333. The zero-order valence-electron chi connectivity index (χ0n) is 7.47. The molecule has 14 heavy (non-hydrogen) atoms. The number of aromatic nitrogens is 1. The van der Waals surface area contributed by atoms with Crippen LogP contribution in [0.2, 0.25) is 0 Å². The lowest BCUT2D eigenvalue weighted by Gasteiger charge is -2.06. The molecule has 1 aromatic rings. The fourth-order valence-electron chi connectivity index (χ4n) is 0.992. The maximum atomic E-state index is 12.1. The van der Waals surface area contributed by atoms with Gasteiger partial charge >= 0.3 is 6.18 Å². The van der Waals surface area contributed by atoms with E-state index in [1.54, 1.807) is 0 Å². The summed E-state index contributed by atoms with van der Waals surface area (Å²) >= 11 is 0. The molecule has 0 aliphatic carbocycles. The monoisotopic (exact) mass is 204 g/mol. The topological polar surface area (TPSA) is 33.1 Å². The molecule has 1 N–H and O–H groups in total. The van der Waals surface area contributed by atoms with Gasteiger partial charge in [0.2, 0.25) is 0 Å². The van der Waals surface area contributed by atoms with Crippen molar-refractivity contribution in [1.82, 2.24) is 4.98 Å². The molecule has 1 aromatic heterocycles. The second-order valence-electron chi connectivity index (χ2n) is 2.96. The van der Waals surface area contributed by atoms with Gasteiger partial charge in [-0.05, 0) is 18.6 Å². The second kappa shape index (κ2) is 3.96. The predicted octanol–water partition coefficient (Wildman–Crippen LogP) is 2.57. The van der Waals surface area contributed by atoms with Gasteiger partial charge in [0, 0.05) is 12.6 Å². The van der Waals surface area contributed by atoms with Gasteiger partial charge in [0.05, 0.1) is 6.10 Å².